The van der Waals surface area contributed by atoms with E-state index in [1.54, 1.807) is 14.2 Å². The van der Waals surface area contributed by atoms with E-state index in [0.717, 1.165) is 28.6 Å². The van der Waals surface area contributed by atoms with Crippen LogP contribution in [0.5, 0.6) is 11.5 Å². The molecular formula is C15H18N2O2. The molecule has 0 amide bonds. The van der Waals surface area contributed by atoms with Gasteiger partial charge in [0.05, 0.1) is 26.5 Å². The molecule has 0 fully saturated rings. The lowest BCUT2D eigenvalue weighted by molar-refractivity contribution is 0.413. The van der Waals surface area contributed by atoms with Crippen LogP contribution >= 0.6 is 0 Å². The van der Waals surface area contributed by atoms with Gasteiger partial charge < -0.3 is 14.8 Å². The first-order valence-corrected chi connectivity index (χ1v) is 6.11. The molecule has 100 valence electrons. The Morgan fingerprint density at radius 3 is 2.32 bits per heavy atom. The summed E-state index contributed by atoms with van der Waals surface area (Å²) in [6.45, 7) is 2.61. The topological polar surface area (TPSA) is 43.4 Å². The monoisotopic (exact) mass is 258 g/mol. The number of ether oxygens (including phenoxy) is 2. The summed E-state index contributed by atoms with van der Waals surface area (Å²) in [6, 6.07) is 11.7. The van der Waals surface area contributed by atoms with E-state index in [-0.39, 0.29) is 0 Å². The molecule has 2 aromatic rings. The minimum Gasteiger partial charge on any atom is -0.497 e. The number of nitrogens with zero attached hydrogens (tertiary/aromatic N) is 1. The van der Waals surface area contributed by atoms with Crippen molar-refractivity contribution >= 4 is 5.69 Å². The van der Waals surface area contributed by atoms with Crippen LogP contribution in [0, 0.1) is 6.92 Å². The van der Waals surface area contributed by atoms with Crippen LogP contribution in [0.1, 0.15) is 11.4 Å². The summed E-state index contributed by atoms with van der Waals surface area (Å²) < 4.78 is 10.4. The van der Waals surface area contributed by atoms with Gasteiger partial charge in [-0.2, -0.15) is 0 Å². The number of benzene rings is 1. The zero-order valence-corrected chi connectivity index (χ0v) is 11.4. The van der Waals surface area contributed by atoms with Crippen LogP contribution in [-0.2, 0) is 6.54 Å². The van der Waals surface area contributed by atoms with Gasteiger partial charge in [0.2, 0.25) is 0 Å². The highest BCUT2D eigenvalue weighted by Gasteiger charge is 2.01. The lowest BCUT2D eigenvalue weighted by atomic mass is 10.2. The molecular weight excluding hydrogens is 240 g/mol. The first-order chi connectivity index (χ1) is 9.21. The number of rotatable bonds is 5. The van der Waals surface area contributed by atoms with E-state index in [1.807, 2.05) is 43.3 Å². The molecule has 19 heavy (non-hydrogen) atoms. The maximum absolute atomic E-state index is 5.23. The van der Waals surface area contributed by atoms with E-state index < -0.39 is 0 Å². The number of nitrogens with one attached hydrogen (secondary N) is 1. The Kier molecular flexibility index (Phi) is 4.23. The Balaban J connectivity index is 2.03. The summed E-state index contributed by atoms with van der Waals surface area (Å²) in [4.78, 5) is 4.46. The minimum absolute atomic E-state index is 0.657. The fourth-order valence-corrected chi connectivity index (χ4v) is 1.81. The second-order valence-electron chi connectivity index (χ2n) is 4.22. The van der Waals surface area contributed by atoms with E-state index in [1.165, 1.54) is 0 Å². The summed E-state index contributed by atoms with van der Waals surface area (Å²) in [7, 11) is 3.32. The highest BCUT2D eigenvalue weighted by atomic mass is 16.5. The van der Waals surface area contributed by atoms with E-state index in [4.69, 9.17) is 9.47 Å². The van der Waals surface area contributed by atoms with E-state index in [9.17, 15) is 0 Å². The van der Waals surface area contributed by atoms with E-state index >= 15 is 0 Å². The van der Waals surface area contributed by atoms with Crippen molar-refractivity contribution < 1.29 is 9.47 Å². The molecule has 4 nitrogen and oxygen atoms in total. The van der Waals surface area contributed by atoms with E-state index in [2.05, 4.69) is 10.3 Å². The molecule has 1 heterocycles. The molecule has 4 heteroatoms. The van der Waals surface area contributed by atoms with Crippen LogP contribution in [0.2, 0.25) is 0 Å². The molecule has 1 aromatic carbocycles. The molecule has 0 aliphatic rings. The number of pyridine rings is 1. The molecule has 0 atom stereocenters. The third-order valence-corrected chi connectivity index (χ3v) is 2.78. The Hall–Kier alpha value is -2.23. The first kappa shape index (κ1) is 13.2. The van der Waals surface area contributed by atoms with Crippen molar-refractivity contribution in [2.24, 2.45) is 0 Å². The summed E-state index contributed by atoms with van der Waals surface area (Å²) >= 11 is 0. The van der Waals surface area contributed by atoms with Gasteiger partial charge in [-0.15, -0.1) is 0 Å². The van der Waals surface area contributed by atoms with Crippen molar-refractivity contribution in [2.75, 3.05) is 19.5 Å². The second-order valence-corrected chi connectivity index (χ2v) is 4.22. The SMILES string of the molecule is COc1ccc(NCc2cc(OC)cc(C)n2)cc1. The highest BCUT2D eigenvalue weighted by Crippen LogP contribution is 2.17. The van der Waals surface area contributed by atoms with Gasteiger partial charge in [0, 0.05) is 23.5 Å². The van der Waals surface area contributed by atoms with Gasteiger partial charge in [-0.3, -0.25) is 4.98 Å². The normalized spacial score (nSPS) is 10.1. The molecule has 1 aromatic heterocycles. The first-order valence-electron chi connectivity index (χ1n) is 6.11. The molecule has 0 saturated carbocycles. The molecule has 0 radical (unpaired) electrons. The predicted molar refractivity (Wildman–Crippen MR) is 75.8 cm³/mol. The third-order valence-electron chi connectivity index (χ3n) is 2.78. The number of hydrogen-bond donors (Lipinski definition) is 1. The van der Waals surface area contributed by atoms with Gasteiger partial charge in [-0.05, 0) is 31.2 Å². The van der Waals surface area contributed by atoms with Gasteiger partial charge in [0.25, 0.3) is 0 Å². The van der Waals surface area contributed by atoms with Gasteiger partial charge >= 0.3 is 0 Å². The Morgan fingerprint density at radius 1 is 1.00 bits per heavy atom. The molecule has 2 rings (SSSR count). The van der Waals surface area contributed by atoms with Crippen LogP contribution in [0.3, 0.4) is 0 Å². The fourth-order valence-electron chi connectivity index (χ4n) is 1.81. The molecule has 0 saturated heterocycles. The quantitative estimate of drug-likeness (QED) is 0.895. The van der Waals surface area contributed by atoms with Gasteiger partial charge in [-0.1, -0.05) is 0 Å². The number of methoxy groups -OCH3 is 2. The van der Waals surface area contributed by atoms with Gasteiger partial charge in [0.1, 0.15) is 11.5 Å². The highest BCUT2D eigenvalue weighted by molar-refractivity contribution is 5.46. The standard InChI is InChI=1S/C15H18N2O2/c1-11-8-15(19-3)9-13(17-11)10-16-12-4-6-14(18-2)7-5-12/h4-9,16H,10H2,1-3H3. The van der Waals surface area contributed by atoms with Crippen LogP contribution in [-0.4, -0.2) is 19.2 Å². The van der Waals surface area contributed by atoms with Crippen LogP contribution < -0.4 is 14.8 Å². The summed E-state index contributed by atoms with van der Waals surface area (Å²) in [5.74, 6) is 1.68. The smallest absolute Gasteiger partial charge is 0.122 e. The lowest BCUT2D eigenvalue weighted by Gasteiger charge is -2.09. The second kappa shape index (κ2) is 6.09. The Bertz CT molecular complexity index is 538. The zero-order chi connectivity index (χ0) is 13.7. The maximum atomic E-state index is 5.23. The van der Waals surface area contributed by atoms with Crippen molar-refractivity contribution in [2.45, 2.75) is 13.5 Å². The fraction of sp³-hybridized carbons (Fsp3) is 0.267. The number of aromatic nitrogens is 1. The largest absolute Gasteiger partial charge is 0.497 e. The Morgan fingerprint density at radius 2 is 1.68 bits per heavy atom. The van der Waals surface area contributed by atoms with Crippen LogP contribution in [0.4, 0.5) is 5.69 Å². The van der Waals surface area contributed by atoms with Crippen LogP contribution in [0.15, 0.2) is 36.4 Å². The predicted octanol–water partition coefficient (Wildman–Crippen LogP) is 3.02. The molecule has 0 aliphatic heterocycles. The lowest BCUT2D eigenvalue weighted by Crippen LogP contribution is -2.03. The molecule has 1 N–H and O–H groups in total. The van der Waals surface area contributed by atoms with Crippen molar-refractivity contribution in [3.63, 3.8) is 0 Å². The number of hydrogen-bond acceptors (Lipinski definition) is 4. The van der Waals surface area contributed by atoms with Gasteiger partial charge in [-0.25, -0.2) is 0 Å². The average molecular weight is 258 g/mol. The Labute approximate surface area is 113 Å². The maximum Gasteiger partial charge on any atom is 0.122 e. The molecule has 0 bridgehead atoms. The third kappa shape index (κ3) is 3.61. The molecule has 0 unspecified atom stereocenters. The van der Waals surface area contributed by atoms with Crippen molar-refractivity contribution in [3.8, 4) is 11.5 Å². The number of aryl methyl sites for hydroxylation is 1. The van der Waals surface area contributed by atoms with E-state index in [0.29, 0.717) is 6.54 Å². The van der Waals surface area contributed by atoms with Crippen molar-refractivity contribution in [1.82, 2.24) is 4.98 Å². The number of anilines is 1. The summed E-state index contributed by atoms with van der Waals surface area (Å²) in [6.07, 6.45) is 0. The summed E-state index contributed by atoms with van der Waals surface area (Å²) in [5.41, 5.74) is 2.93. The summed E-state index contributed by atoms with van der Waals surface area (Å²) in [5, 5.41) is 3.32. The minimum atomic E-state index is 0.657. The van der Waals surface area contributed by atoms with Crippen molar-refractivity contribution in [1.29, 1.82) is 0 Å². The zero-order valence-electron chi connectivity index (χ0n) is 11.4. The van der Waals surface area contributed by atoms with Crippen molar-refractivity contribution in [3.05, 3.63) is 47.8 Å². The van der Waals surface area contributed by atoms with Gasteiger partial charge in [0.15, 0.2) is 0 Å². The molecule has 0 spiro atoms. The van der Waals surface area contributed by atoms with Crippen LogP contribution in [0.25, 0.3) is 0 Å². The molecule has 0 aliphatic carbocycles. The average Bonchev–Trinajstić information content (AvgIpc) is 2.45.